The van der Waals surface area contributed by atoms with Crippen molar-refractivity contribution in [2.75, 3.05) is 5.32 Å². The van der Waals surface area contributed by atoms with Gasteiger partial charge in [0.15, 0.2) is 5.13 Å². The van der Waals surface area contributed by atoms with Crippen LogP contribution in [0.25, 0.3) is 11.3 Å². The molecule has 0 bridgehead atoms. The van der Waals surface area contributed by atoms with Crippen LogP contribution in [-0.2, 0) is 4.79 Å². The van der Waals surface area contributed by atoms with Crippen LogP contribution in [-0.4, -0.2) is 16.9 Å². The number of hydrogen-bond acceptors (Lipinski definition) is 4. The standard InChI is InChI=1S/C15H19N3OS.ClH/c1-9(2)13(16)14(19)18-15-17-12(8-20-15)11-6-4-10(3)5-7-11;/h4-9,13H,16H2,1-3H3,(H,17,18,19);1H/t13-;/m0./s1. The van der Waals surface area contributed by atoms with E-state index in [0.29, 0.717) is 5.13 Å². The van der Waals surface area contributed by atoms with E-state index in [2.05, 4.69) is 10.3 Å². The van der Waals surface area contributed by atoms with Gasteiger partial charge in [0.25, 0.3) is 0 Å². The summed E-state index contributed by atoms with van der Waals surface area (Å²) in [7, 11) is 0. The SMILES string of the molecule is Cc1ccc(-c2csc(NC(=O)[C@@H](N)C(C)C)n2)cc1.Cl. The van der Waals surface area contributed by atoms with Crippen molar-refractivity contribution in [3.63, 3.8) is 0 Å². The number of amides is 1. The first kappa shape index (κ1) is 17.6. The van der Waals surface area contributed by atoms with Gasteiger partial charge in [0.2, 0.25) is 5.91 Å². The Morgan fingerprint density at radius 1 is 1.29 bits per heavy atom. The maximum absolute atomic E-state index is 11.9. The Labute approximate surface area is 135 Å². The molecule has 0 fully saturated rings. The van der Waals surface area contributed by atoms with Crippen molar-refractivity contribution in [1.82, 2.24) is 4.98 Å². The Morgan fingerprint density at radius 3 is 2.48 bits per heavy atom. The third-order valence-corrected chi connectivity index (χ3v) is 3.86. The number of halogens is 1. The Morgan fingerprint density at radius 2 is 1.90 bits per heavy atom. The van der Waals surface area contributed by atoms with Crippen molar-refractivity contribution in [1.29, 1.82) is 0 Å². The summed E-state index contributed by atoms with van der Waals surface area (Å²) in [5, 5.41) is 5.28. The molecule has 4 nitrogen and oxygen atoms in total. The van der Waals surface area contributed by atoms with Gasteiger partial charge in [-0.2, -0.15) is 0 Å². The lowest BCUT2D eigenvalue weighted by atomic mass is 10.1. The fourth-order valence-electron chi connectivity index (χ4n) is 1.68. The quantitative estimate of drug-likeness (QED) is 0.904. The van der Waals surface area contributed by atoms with Gasteiger partial charge < -0.3 is 11.1 Å². The van der Waals surface area contributed by atoms with Gasteiger partial charge in [-0.15, -0.1) is 23.7 Å². The van der Waals surface area contributed by atoms with Crippen molar-refractivity contribution in [3.8, 4) is 11.3 Å². The lowest BCUT2D eigenvalue weighted by Crippen LogP contribution is -2.39. The number of thiazole rings is 1. The van der Waals surface area contributed by atoms with Gasteiger partial charge in [-0.25, -0.2) is 4.98 Å². The summed E-state index contributed by atoms with van der Waals surface area (Å²) in [6, 6.07) is 7.62. The molecule has 1 amide bonds. The van der Waals surface area contributed by atoms with Crippen LogP contribution in [0.3, 0.4) is 0 Å². The van der Waals surface area contributed by atoms with Gasteiger partial charge in [0.05, 0.1) is 11.7 Å². The molecule has 21 heavy (non-hydrogen) atoms. The average Bonchev–Trinajstić information content (AvgIpc) is 2.87. The fourth-order valence-corrected chi connectivity index (χ4v) is 2.40. The van der Waals surface area contributed by atoms with Crippen LogP contribution in [0, 0.1) is 12.8 Å². The third-order valence-electron chi connectivity index (χ3n) is 3.10. The van der Waals surface area contributed by atoms with Gasteiger partial charge in [-0.1, -0.05) is 43.7 Å². The zero-order chi connectivity index (χ0) is 14.7. The molecule has 2 rings (SSSR count). The van der Waals surface area contributed by atoms with Crippen molar-refractivity contribution in [2.24, 2.45) is 11.7 Å². The van der Waals surface area contributed by atoms with Crippen LogP contribution in [0.2, 0.25) is 0 Å². The maximum Gasteiger partial charge on any atom is 0.243 e. The molecule has 1 aromatic carbocycles. The second-order valence-corrected chi connectivity index (χ2v) is 6.02. The number of hydrogen-bond donors (Lipinski definition) is 2. The lowest BCUT2D eigenvalue weighted by molar-refractivity contribution is -0.118. The van der Waals surface area contributed by atoms with E-state index in [1.807, 2.05) is 50.4 Å². The summed E-state index contributed by atoms with van der Waals surface area (Å²) in [6.07, 6.45) is 0. The molecule has 0 spiro atoms. The Bertz CT molecular complexity index is 595. The Balaban J connectivity index is 0.00000220. The van der Waals surface area contributed by atoms with Crippen molar-refractivity contribution in [3.05, 3.63) is 35.2 Å². The average molecular weight is 326 g/mol. The molecule has 1 heterocycles. The minimum atomic E-state index is -0.512. The third kappa shape index (κ3) is 4.52. The van der Waals surface area contributed by atoms with Crippen molar-refractivity contribution < 1.29 is 4.79 Å². The molecule has 114 valence electrons. The molecule has 1 aromatic heterocycles. The van der Waals surface area contributed by atoms with Crippen LogP contribution in [0.4, 0.5) is 5.13 Å². The van der Waals surface area contributed by atoms with Crippen molar-refractivity contribution >= 4 is 34.8 Å². The summed E-state index contributed by atoms with van der Waals surface area (Å²) in [6.45, 7) is 5.89. The first-order chi connectivity index (χ1) is 9.47. The van der Waals surface area contributed by atoms with Gasteiger partial charge in [-0.05, 0) is 12.8 Å². The summed E-state index contributed by atoms with van der Waals surface area (Å²) in [5.74, 6) is -0.0867. The van der Waals surface area contributed by atoms with E-state index >= 15 is 0 Å². The number of aryl methyl sites for hydroxylation is 1. The van der Waals surface area contributed by atoms with E-state index in [9.17, 15) is 4.79 Å². The largest absolute Gasteiger partial charge is 0.320 e. The van der Waals surface area contributed by atoms with E-state index < -0.39 is 6.04 Å². The van der Waals surface area contributed by atoms with Gasteiger partial charge in [0, 0.05) is 10.9 Å². The van der Waals surface area contributed by atoms with Crippen LogP contribution >= 0.6 is 23.7 Å². The Hall–Kier alpha value is -1.43. The number of benzene rings is 1. The number of nitrogens with one attached hydrogen (secondary N) is 1. The molecule has 2 aromatic rings. The smallest absolute Gasteiger partial charge is 0.243 e. The molecular formula is C15H20ClN3OS. The van der Waals surface area contributed by atoms with E-state index in [1.54, 1.807) is 0 Å². The van der Waals surface area contributed by atoms with Gasteiger partial charge >= 0.3 is 0 Å². The van der Waals surface area contributed by atoms with E-state index in [4.69, 9.17) is 5.73 Å². The summed E-state index contributed by atoms with van der Waals surface area (Å²) in [5.41, 5.74) is 8.92. The number of carbonyl (C=O) groups excluding carboxylic acids is 1. The normalized spacial score (nSPS) is 11.9. The highest BCUT2D eigenvalue weighted by Crippen LogP contribution is 2.25. The molecule has 0 unspecified atom stereocenters. The highest BCUT2D eigenvalue weighted by Gasteiger charge is 2.18. The minimum absolute atomic E-state index is 0. The van der Waals surface area contributed by atoms with Crippen LogP contribution in [0.1, 0.15) is 19.4 Å². The molecule has 6 heteroatoms. The fraction of sp³-hybridized carbons (Fsp3) is 0.333. The molecule has 3 N–H and O–H groups in total. The van der Waals surface area contributed by atoms with E-state index in [0.717, 1.165) is 11.3 Å². The molecule has 0 saturated heterocycles. The number of nitrogens with zero attached hydrogens (tertiary/aromatic N) is 1. The van der Waals surface area contributed by atoms with Crippen LogP contribution < -0.4 is 11.1 Å². The van der Waals surface area contributed by atoms with Crippen molar-refractivity contribution in [2.45, 2.75) is 26.8 Å². The highest BCUT2D eigenvalue weighted by atomic mass is 35.5. The maximum atomic E-state index is 11.9. The highest BCUT2D eigenvalue weighted by molar-refractivity contribution is 7.14. The predicted octanol–water partition coefficient (Wildman–Crippen LogP) is 3.46. The number of anilines is 1. The van der Waals surface area contributed by atoms with Crippen LogP contribution in [0.15, 0.2) is 29.6 Å². The topological polar surface area (TPSA) is 68.0 Å². The number of nitrogens with two attached hydrogens (primary N) is 1. The number of rotatable bonds is 4. The van der Waals surface area contributed by atoms with Gasteiger partial charge in [-0.3, -0.25) is 4.79 Å². The molecule has 0 aliphatic heterocycles. The molecule has 0 aliphatic rings. The minimum Gasteiger partial charge on any atom is -0.320 e. The second kappa shape index (κ2) is 7.54. The molecular weight excluding hydrogens is 306 g/mol. The lowest BCUT2D eigenvalue weighted by Gasteiger charge is -2.13. The summed E-state index contributed by atoms with van der Waals surface area (Å²) in [4.78, 5) is 16.3. The first-order valence-electron chi connectivity index (χ1n) is 6.56. The van der Waals surface area contributed by atoms with Gasteiger partial charge in [0.1, 0.15) is 0 Å². The predicted molar refractivity (Wildman–Crippen MR) is 91.0 cm³/mol. The summed E-state index contributed by atoms with van der Waals surface area (Å²) >= 11 is 1.41. The zero-order valence-electron chi connectivity index (χ0n) is 12.3. The molecule has 1 atom stereocenters. The molecule has 0 saturated carbocycles. The number of aromatic nitrogens is 1. The first-order valence-corrected chi connectivity index (χ1v) is 7.44. The summed E-state index contributed by atoms with van der Waals surface area (Å²) < 4.78 is 0. The van der Waals surface area contributed by atoms with E-state index in [1.165, 1.54) is 16.9 Å². The molecule has 0 radical (unpaired) electrons. The second-order valence-electron chi connectivity index (χ2n) is 5.16. The monoisotopic (exact) mass is 325 g/mol. The zero-order valence-corrected chi connectivity index (χ0v) is 13.9. The number of carbonyl (C=O) groups is 1. The van der Waals surface area contributed by atoms with E-state index in [-0.39, 0.29) is 24.2 Å². The molecule has 0 aliphatic carbocycles. The Kier molecular flexibility index (Phi) is 6.33. The van der Waals surface area contributed by atoms with Crippen LogP contribution in [0.5, 0.6) is 0 Å².